The van der Waals surface area contributed by atoms with Crippen molar-refractivity contribution >= 4 is 22.6 Å². The minimum atomic E-state index is -4.83. The molecule has 2 amide bonds. The van der Waals surface area contributed by atoms with Crippen molar-refractivity contribution in [3.63, 3.8) is 0 Å². The molecule has 2 N–H and O–H groups in total. The number of carbonyl (C=O) groups is 1. The summed E-state index contributed by atoms with van der Waals surface area (Å²) >= 11 is 0. The maximum atomic E-state index is 14.1. The summed E-state index contributed by atoms with van der Waals surface area (Å²) in [6.45, 7) is -0.263. The molecule has 0 spiro atoms. The van der Waals surface area contributed by atoms with Crippen LogP contribution < -0.4 is 5.32 Å². The predicted octanol–water partition coefficient (Wildman–Crippen LogP) is 6.27. The first kappa shape index (κ1) is 21.1. The van der Waals surface area contributed by atoms with Gasteiger partial charge in [0.25, 0.3) is 0 Å². The maximum Gasteiger partial charge on any atom is 0.418 e. The molecule has 0 saturated heterocycles. The number of rotatable bonds is 1. The summed E-state index contributed by atoms with van der Waals surface area (Å²) in [7, 11) is 0. The number of amides is 2. The van der Waals surface area contributed by atoms with Crippen molar-refractivity contribution in [1.82, 2.24) is 9.88 Å². The number of nitrogens with zero attached hydrogens (tertiary/aromatic N) is 1. The zero-order valence-electron chi connectivity index (χ0n) is 15.9. The Kier molecular flexibility index (Phi) is 5.10. The molecule has 1 atom stereocenters. The van der Waals surface area contributed by atoms with Crippen LogP contribution in [0.1, 0.15) is 29.3 Å². The fourth-order valence-corrected chi connectivity index (χ4v) is 4.02. The molecule has 0 radical (unpaired) electrons. The third-order valence-corrected chi connectivity index (χ3v) is 5.30. The Balaban J connectivity index is 1.75. The molecule has 2 heterocycles. The van der Waals surface area contributed by atoms with E-state index in [-0.39, 0.29) is 18.7 Å². The standard InChI is InChI=1S/C21H17F6N3O/c22-20(23,24)14-8-2-4-10-16(14)29-19(31)30-11-5-7-13-12-6-1-3-9-15(12)28-17(13)18(30)21(25,26)27/h1-4,6,8-10,18,28H,5,7,11H2,(H,29,31). The summed E-state index contributed by atoms with van der Waals surface area (Å²) < 4.78 is 82.1. The third-order valence-electron chi connectivity index (χ3n) is 5.30. The van der Waals surface area contributed by atoms with Crippen LogP contribution >= 0.6 is 0 Å². The van der Waals surface area contributed by atoms with E-state index in [1.165, 1.54) is 6.07 Å². The summed E-state index contributed by atoms with van der Waals surface area (Å²) in [6.07, 6.45) is -9.07. The molecule has 4 nitrogen and oxygen atoms in total. The van der Waals surface area contributed by atoms with Crippen LogP contribution in [0.3, 0.4) is 0 Å². The van der Waals surface area contributed by atoms with E-state index in [0.29, 0.717) is 27.8 Å². The Morgan fingerprint density at radius 1 is 1.00 bits per heavy atom. The molecule has 1 aliphatic rings. The van der Waals surface area contributed by atoms with Gasteiger partial charge in [0.15, 0.2) is 6.04 Å². The lowest BCUT2D eigenvalue weighted by Gasteiger charge is -2.32. The number of para-hydroxylation sites is 2. The highest BCUT2D eigenvalue weighted by Gasteiger charge is 2.49. The summed E-state index contributed by atoms with van der Waals surface area (Å²) in [5.74, 6) is 0. The van der Waals surface area contributed by atoms with Gasteiger partial charge in [-0.05, 0) is 36.6 Å². The summed E-state index contributed by atoms with van der Waals surface area (Å²) in [4.78, 5) is 16.1. The number of urea groups is 1. The van der Waals surface area contributed by atoms with Gasteiger partial charge >= 0.3 is 18.4 Å². The first-order chi connectivity index (χ1) is 14.6. The van der Waals surface area contributed by atoms with Crippen LogP contribution in [0.5, 0.6) is 0 Å². The number of fused-ring (bicyclic) bond motifs is 3. The van der Waals surface area contributed by atoms with Gasteiger partial charge in [0, 0.05) is 17.4 Å². The molecule has 1 aliphatic heterocycles. The van der Waals surface area contributed by atoms with Crippen molar-refractivity contribution in [3.05, 3.63) is 65.4 Å². The molecule has 31 heavy (non-hydrogen) atoms. The topological polar surface area (TPSA) is 48.1 Å². The molecule has 0 bridgehead atoms. The van der Waals surface area contributed by atoms with E-state index in [9.17, 15) is 31.1 Å². The molecule has 2 aromatic carbocycles. The average Bonchev–Trinajstić information content (AvgIpc) is 2.91. The highest BCUT2D eigenvalue weighted by molar-refractivity contribution is 5.91. The molecule has 1 unspecified atom stereocenters. The smallest absolute Gasteiger partial charge is 0.356 e. The van der Waals surface area contributed by atoms with Crippen LogP contribution in [0, 0.1) is 0 Å². The van der Waals surface area contributed by atoms with E-state index >= 15 is 0 Å². The van der Waals surface area contributed by atoms with E-state index in [4.69, 9.17) is 0 Å². The quantitative estimate of drug-likeness (QED) is 0.430. The molecule has 1 aromatic heterocycles. The number of alkyl halides is 6. The van der Waals surface area contributed by atoms with Gasteiger partial charge in [0.05, 0.1) is 16.9 Å². The highest BCUT2D eigenvalue weighted by atomic mass is 19.4. The molecule has 0 fully saturated rings. The van der Waals surface area contributed by atoms with E-state index in [1.807, 2.05) is 5.32 Å². The van der Waals surface area contributed by atoms with Crippen molar-refractivity contribution in [1.29, 1.82) is 0 Å². The summed E-state index contributed by atoms with van der Waals surface area (Å²) in [5, 5.41) is 2.67. The molecular formula is C21H17F6N3O. The Morgan fingerprint density at radius 3 is 2.39 bits per heavy atom. The van der Waals surface area contributed by atoms with E-state index in [0.717, 1.165) is 18.2 Å². The number of benzene rings is 2. The lowest BCUT2D eigenvalue weighted by Crippen LogP contribution is -2.44. The molecule has 164 valence electrons. The fraction of sp³-hybridized carbons (Fsp3) is 0.286. The lowest BCUT2D eigenvalue weighted by atomic mass is 10.0. The Labute approximate surface area is 172 Å². The van der Waals surface area contributed by atoms with Crippen LogP contribution in [0.2, 0.25) is 0 Å². The van der Waals surface area contributed by atoms with Gasteiger partial charge in [-0.2, -0.15) is 26.3 Å². The van der Waals surface area contributed by atoms with Crippen LogP contribution in [0.15, 0.2) is 48.5 Å². The minimum Gasteiger partial charge on any atom is -0.356 e. The number of carbonyl (C=O) groups excluding carboxylic acids is 1. The number of nitrogens with one attached hydrogen (secondary N) is 2. The molecule has 0 saturated carbocycles. The second-order valence-electron chi connectivity index (χ2n) is 7.28. The van der Waals surface area contributed by atoms with Crippen molar-refractivity contribution in [2.45, 2.75) is 31.2 Å². The number of halogens is 6. The fourth-order valence-electron chi connectivity index (χ4n) is 4.02. The maximum absolute atomic E-state index is 14.1. The van der Waals surface area contributed by atoms with Gasteiger partial charge in [-0.3, -0.25) is 0 Å². The second kappa shape index (κ2) is 7.51. The van der Waals surface area contributed by atoms with Gasteiger partial charge in [0.2, 0.25) is 0 Å². The number of hydrogen-bond acceptors (Lipinski definition) is 1. The predicted molar refractivity (Wildman–Crippen MR) is 103 cm³/mol. The Morgan fingerprint density at radius 2 is 1.68 bits per heavy atom. The molecule has 10 heteroatoms. The van der Waals surface area contributed by atoms with Gasteiger partial charge in [-0.1, -0.05) is 30.3 Å². The first-order valence-corrected chi connectivity index (χ1v) is 9.47. The zero-order valence-corrected chi connectivity index (χ0v) is 15.9. The van der Waals surface area contributed by atoms with Gasteiger partial charge in [-0.15, -0.1) is 0 Å². The number of anilines is 1. The minimum absolute atomic E-state index is 0.162. The largest absolute Gasteiger partial charge is 0.418 e. The van der Waals surface area contributed by atoms with Crippen molar-refractivity contribution < 1.29 is 31.1 Å². The van der Waals surface area contributed by atoms with Crippen molar-refractivity contribution in [3.8, 4) is 0 Å². The molecule has 0 aliphatic carbocycles. The van der Waals surface area contributed by atoms with E-state index < -0.39 is 35.7 Å². The number of H-pyrrole nitrogens is 1. The van der Waals surface area contributed by atoms with Gasteiger partial charge in [0.1, 0.15) is 0 Å². The number of aromatic amines is 1. The Bertz CT molecular complexity index is 1120. The van der Waals surface area contributed by atoms with Gasteiger partial charge in [-0.25, -0.2) is 4.79 Å². The monoisotopic (exact) mass is 441 g/mol. The number of aryl methyl sites for hydroxylation is 1. The zero-order chi connectivity index (χ0) is 22.4. The summed E-state index contributed by atoms with van der Waals surface area (Å²) in [5.41, 5.74) is -0.920. The van der Waals surface area contributed by atoms with Gasteiger partial charge < -0.3 is 15.2 Å². The third kappa shape index (κ3) is 3.94. The number of hydrogen-bond donors (Lipinski definition) is 2. The van der Waals surface area contributed by atoms with Crippen LogP contribution in [-0.4, -0.2) is 28.6 Å². The van der Waals surface area contributed by atoms with Crippen LogP contribution in [0.25, 0.3) is 10.9 Å². The normalized spacial score (nSPS) is 17.4. The Hall–Kier alpha value is -3.17. The highest BCUT2D eigenvalue weighted by Crippen LogP contribution is 2.43. The van der Waals surface area contributed by atoms with Crippen molar-refractivity contribution in [2.75, 3.05) is 11.9 Å². The second-order valence-corrected chi connectivity index (χ2v) is 7.28. The molecular weight excluding hydrogens is 424 g/mol. The number of aromatic nitrogens is 1. The first-order valence-electron chi connectivity index (χ1n) is 9.47. The van der Waals surface area contributed by atoms with E-state index in [2.05, 4.69) is 4.98 Å². The SMILES string of the molecule is O=C(Nc1ccccc1C(F)(F)F)N1CCCc2c([nH]c3ccccc23)C1C(F)(F)F. The summed E-state index contributed by atoms with van der Waals surface area (Å²) in [6, 6.07) is 7.35. The van der Waals surface area contributed by atoms with Crippen LogP contribution in [-0.2, 0) is 12.6 Å². The average molecular weight is 441 g/mol. The van der Waals surface area contributed by atoms with E-state index in [1.54, 1.807) is 24.3 Å². The van der Waals surface area contributed by atoms with Crippen molar-refractivity contribution in [2.24, 2.45) is 0 Å². The van der Waals surface area contributed by atoms with Crippen LogP contribution in [0.4, 0.5) is 36.8 Å². The molecule has 4 rings (SSSR count). The molecule has 3 aromatic rings. The lowest BCUT2D eigenvalue weighted by molar-refractivity contribution is -0.178.